The van der Waals surface area contributed by atoms with E-state index in [2.05, 4.69) is 36.5 Å². The van der Waals surface area contributed by atoms with Crippen LogP contribution in [0.25, 0.3) is 0 Å². The van der Waals surface area contributed by atoms with Gasteiger partial charge in [0.1, 0.15) is 0 Å². The minimum Gasteiger partial charge on any atom is -0.351 e. The lowest BCUT2D eigenvalue weighted by molar-refractivity contribution is -0.127. The number of carbonyl (C=O) groups excluding carboxylic acids is 2. The van der Waals surface area contributed by atoms with E-state index >= 15 is 0 Å². The van der Waals surface area contributed by atoms with E-state index in [4.69, 9.17) is 0 Å². The third-order valence-electron chi connectivity index (χ3n) is 4.98. The molecule has 3 rings (SSSR count). The van der Waals surface area contributed by atoms with Crippen molar-refractivity contribution in [2.75, 3.05) is 13.1 Å². The third-order valence-corrected chi connectivity index (χ3v) is 4.98. The number of aryl methyl sites for hydroxylation is 2. The Morgan fingerprint density at radius 3 is 2.58 bits per heavy atom. The molecule has 0 radical (unpaired) electrons. The summed E-state index contributed by atoms with van der Waals surface area (Å²) < 4.78 is 0. The number of hydrogen-bond acceptors (Lipinski definition) is 2. The van der Waals surface area contributed by atoms with Gasteiger partial charge in [-0.1, -0.05) is 54.6 Å². The second-order valence-electron chi connectivity index (χ2n) is 6.97. The molecule has 0 saturated carbocycles. The highest BCUT2D eigenvalue weighted by atomic mass is 16.2. The molecule has 0 bridgehead atoms. The number of likely N-dealkylation sites (tertiary alicyclic amines) is 1. The lowest BCUT2D eigenvalue weighted by atomic mass is 10.0. The first kappa shape index (κ1) is 18.2. The summed E-state index contributed by atoms with van der Waals surface area (Å²) in [4.78, 5) is 26.3. The van der Waals surface area contributed by atoms with E-state index in [0.29, 0.717) is 25.9 Å². The number of benzene rings is 2. The van der Waals surface area contributed by atoms with Crippen LogP contribution in [0, 0.1) is 6.92 Å². The molecule has 136 valence electrons. The van der Waals surface area contributed by atoms with Crippen molar-refractivity contribution < 1.29 is 9.59 Å². The van der Waals surface area contributed by atoms with Gasteiger partial charge in [0, 0.05) is 25.9 Å². The van der Waals surface area contributed by atoms with Crippen molar-refractivity contribution in [1.82, 2.24) is 10.2 Å². The van der Waals surface area contributed by atoms with Crippen LogP contribution in [0.1, 0.15) is 29.5 Å². The molecule has 2 amide bonds. The first-order chi connectivity index (χ1) is 12.6. The highest BCUT2D eigenvalue weighted by molar-refractivity contribution is 5.82. The monoisotopic (exact) mass is 350 g/mol. The van der Waals surface area contributed by atoms with E-state index in [-0.39, 0.29) is 17.9 Å². The molecule has 0 aliphatic carbocycles. The van der Waals surface area contributed by atoms with Gasteiger partial charge in [-0.3, -0.25) is 9.59 Å². The maximum Gasteiger partial charge on any atom is 0.224 e. The average molecular weight is 350 g/mol. The number of carbonyl (C=O) groups is 2. The number of nitrogens with one attached hydrogen (secondary N) is 1. The molecule has 1 heterocycles. The fourth-order valence-electron chi connectivity index (χ4n) is 3.43. The Bertz CT molecular complexity index is 758. The molecule has 4 nitrogen and oxygen atoms in total. The van der Waals surface area contributed by atoms with Gasteiger partial charge in [0.2, 0.25) is 11.8 Å². The molecule has 1 N–H and O–H groups in total. The van der Waals surface area contributed by atoms with Crippen molar-refractivity contribution >= 4 is 11.8 Å². The summed E-state index contributed by atoms with van der Waals surface area (Å²) in [6, 6.07) is 18.2. The lowest BCUT2D eigenvalue weighted by Crippen LogP contribution is -2.37. The summed E-state index contributed by atoms with van der Waals surface area (Å²) in [5.74, 6) is 0.154. The van der Waals surface area contributed by atoms with Crippen LogP contribution in [0.5, 0.6) is 0 Å². The van der Waals surface area contributed by atoms with Crippen molar-refractivity contribution in [2.45, 2.75) is 38.6 Å². The van der Waals surface area contributed by atoms with Crippen LogP contribution in [0.2, 0.25) is 0 Å². The van der Waals surface area contributed by atoms with E-state index in [9.17, 15) is 9.59 Å². The van der Waals surface area contributed by atoms with E-state index in [1.807, 2.05) is 35.2 Å². The molecular weight excluding hydrogens is 324 g/mol. The highest BCUT2D eigenvalue weighted by Gasteiger charge is 2.30. The second-order valence-corrected chi connectivity index (χ2v) is 6.97. The van der Waals surface area contributed by atoms with Gasteiger partial charge in [-0.15, -0.1) is 0 Å². The van der Waals surface area contributed by atoms with Crippen molar-refractivity contribution in [1.29, 1.82) is 0 Å². The maximum absolute atomic E-state index is 12.2. The summed E-state index contributed by atoms with van der Waals surface area (Å²) >= 11 is 0. The van der Waals surface area contributed by atoms with Gasteiger partial charge in [-0.05, 0) is 36.5 Å². The first-order valence-electron chi connectivity index (χ1n) is 9.27. The molecule has 0 spiro atoms. The standard InChI is InChI=1S/C22H26N2O2/c1-17-7-5-6-10-19(17)11-12-21(25)23-20-15-22(26)24(16-20)14-13-18-8-3-2-4-9-18/h2-10,20H,11-16H2,1H3,(H,23,25)/t20-/m0/s1. The van der Waals surface area contributed by atoms with Crippen LogP contribution in [-0.4, -0.2) is 35.8 Å². The van der Waals surface area contributed by atoms with Gasteiger partial charge in [0.25, 0.3) is 0 Å². The van der Waals surface area contributed by atoms with Crippen LogP contribution in [0.3, 0.4) is 0 Å². The van der Waals surface area contributed by atoms with Crippen molar-refractivity contribution in [3.63, 3.8) is 0 Å². The molecule has 2 aromatic rings. The molecule has 0 aromatic heterocycles. The Kier molecular flexibility index (Phi) is 6.05. The molecule has 1 aliphatic rings. The average Bonchev–Trinajstić information content (AvgIpc) is 2.99. The summed E-state index contributed by atoms with van der Waals surface area (Å²) in [6.07, 6.45) is 2.45. The zero-order valence-corrected chi connectivity index (χ0v) is 15.3. The topological polar surface area (TPSA) is 49.4 Å². The fourth-order valence-corrected chi connectivity index (χ4v) is 3.43. The second kappa shape index (κ2) is 8.65. The van der Waals surface area contributed by atoms with Crippen LogP contribution in [-0.2, 0) is 22.4 Å². The number of hydrogen-bond donors (Lipinski definition) is 1. The maximum atomic E-state index is 12.2. The lowest BCUT2D eigenvalue weighted by Gasteiger charge is -2.17. The molecule has 0 unspecified atom stereocenters. The summed E-state index contributed by atoms with van der Waals surface area (Å²) in [6.45, 7) is 3.38. The zero-order chi connectivity index (χ0) is 18.4. The van der Waals surface area contributed by atoms with E-state index in [0.717, 1.165) is 12.8 Å². The van der Waals surface area contributed by atoms with Crippen LogP contribution < -0.4 is 5.32 Å². The Morgan fingerprint density at radius 2 is 1.81 bits per heavy atom. The molecule has 1 aliphatic heterocycles. The highest BCUT2D eigenvalue weighted by Crippen LogP contribution is 2.14. The molecule has 4 heteroatoms. The van der Waals surface area contributed by atoms with Crippen LogP contribution in [0.4, 0.5) is 0 Å². The molecule has 1 atom stereocenters. The number of amides is 2. The molecule has 1 fully saturated rings. The third kappa shape index (κ3) is 4.94. The van der Waals surface area contributed by atoms with Gasteiger partial charge in [0.05, 0.1) is 6.04 Å². The molecule has 26 heavy (non-hydrogen) atoms. The predicted molar refractivity (Wildman–Crippen MR) is 103 cm³/mol. The van der Waals surface area contributed by atoms with Gasteiger partial charge in [-0.25, -0.2) is 0 Å². The minimum atomic E-state index is -0.0670. The van der Waals surface area contributed by atoms with E-state index in [1.165, 1.54) is 16.7 Å². The number of rotatable bonds is 7. The quantitative estimate of drug-likeness (QED) is 0.835. The summed E-state index contributed by atoms with van der Waals surface area (Å²) in [5, 5.41) is 3.03. The normalized spacial score (nSPS) is 16.7. The number of nitrogens with zero attached hydrogens (tertiary/aromatic N) is 1. The van der Waals surface area contributed by atoms with Crippen molar-refractivity contribution in [2.24, 2.45) is 0 Å². The predicted octanol–water partition coefficient (Wildman–Crippen LogP) is 2.89. The summed E-state index contributed by atoms with van der Waals surface area (Å²) in [7, 11) is 0. The zero-order valence-electron chi connectivity index (χ0n) is 15.3. The Hall–Kier alpha value is -2.62. The van der Waals surface area contributed by atoms with Crippen molar-refractivity contribution in [3.05, 3.63) is 71.3 Å². The van der Waals surface area contributed by atoms with Crippen LogP contribution >= 0.6 is 0 Å². The van der Waals surface area contributed by atoms with Gasteiger partial charge in [-0.2, -0.15) is 0 Å². The molecule has 2 aromatic carbocycles. The minimum absolute atomic E-state index is 0.0240. The molecule has 1 saturated heterocycles. The first-order valence-corrected chi connectivity index (χ1v) is 9.27. The van der Waals surface area contributed by atoms with E-state index < -0.39 is 0 Å². The van der Waals surface area contributed by atoms with Gasteiger partial charge >= 0.3 is 0 Å². The Balaban J connectivity index is 1.43. The van der Waals surface area contributed by atoms with Gasteiger partial charge < -0.3 is 10.2 Å². The van der Waals surface area contributed by atoms with Crippen molar-refractivity contribution in [3.8, 4) is 0 Å². The SMILES string of the molecule is Cc1ccccc1CCC(=O)N[C@H]1CC(=O)N(CCc2ccccc2)C1. The Labute approximate surface area is 155 Å². The summed E-state index contributed by atoms with van der Waals surface area (Å²) in [5.41, 5.74) is 3.64. The van der Waals surface area contributed by atoms with Crippen LogP contribution in [0.15, 0.2) is 54.6 Å². The smallest absolute Gasteiger partial charge is 0.224 e. The Morgan fingerprint density at radius 1 is 1.08 bits per heavy atom. The largest absolute Gasteiger partial charge is 0.351 e. The molecular formula is C22H26N2O2. The fraction of sp³-hybridized carbons (Fsp3) is 0.364. The van der Waals surface area contributed by atoms with Gasteiger partial charge in [0.15, 0.2) is 0 Å². The van der Waals surface area contributed by atoms with E-state index in [1.54, 1.807) is 0 Å².